The Morgan fingerprint density at radius 1 is 1.30 bits per heavy atom. The maximum Gasteiger partial charge on any atom is 0.123 e. The number of benzene rings is 1. The van der Waals surface area contributed by atoms with E-state index in [0.29, 0.717) is 18.8 Å². The number of hydrogen-bond acceptors (Lipinski definition) is 3. The predicted molar refractivity (Wildman–Crippen MR) is 78.4 cm³/mol. The van der Waals surface area contributed by atoms with Crippen LogP contribution in [0, 0.1) is 24.6 Å². The zero-order valence-corrected chi connectivity index (χ0v) is 12.0. The molecule has 0 unspecified atom stereocenters. The minimum atomic E-state index is -0.257. The molecule has 0 bridgehead atoms. The summed E-state index contributed by atoms with van der Waals surface area (Å²) in [5.74, 6) is 6.30. The van der Waals surface area contributed by atoms with Crippen molar-refractivity contribution in [2.24, 2.45) is 0 Å². The number of aliphatic hydroxyl groups is 1. The first-order valence-electron chi connectivity index (χ1n) is 6.26. The molecule has 0 spiro atoms. The van der Waals surface area contributed by atoms with E-state index in [1.165, 1.54) is 12.1 Å². The van der Waals surface area contributed by atoms with Crippen LogP contribution in [0.15, 0.2) is 30.3 Å². The molecule has 2 nitrogen and oxygen atoms in total. The Kier molecular flexibility index (Phi) is 5.16. The van der Waals surface area contributed by atoms with Gasteiger partial charge in [-0.1, -0.05) is 11.8 Å². The van der Waals surface area contributed by atoms with Crippen LogP contribution < -0.4 is 4.74 Å². The number of hydrogen-bond donors (Lipinski definition) is 1. The molecule has 2 rings (SSSR count). The normalized spacial score (nSPS) is 9.95. The molecule has 4 heteroatoms. The molecule has 0 aliphatic heterocycles. The quantitative estimate of drug-likeness (QED) is 0.873. The van der Waals surface area contributed by atoms with E-state index in [1.54, 1.807) is 17.4 Å². The third kappa shape index (κ3) is 4.09. The summed E-state index contributed by atoms with van der Waals surface area (Å²) < 4.78 is 18.6. The number of rotatable bonds is 4. The van der Waals surface area contributed by atoms with Crippen molar-refractivity contribution in [2.75, 3.05) is 6.61 Å². The molecule has 20 heavy (non-hydrogen) atoms. The van der Waals surface area contributed by atoms with Gasteiger partial charge in [0.05, 0.1) is 11.5 Å². The lowest BCUT2D eigenvalue weighted by Gasteiger charge is -2.07. The van der Waals surface area contributed by atoms with E-state index < -0.39 is 0 Å². The average Bonchev–Trinajstić information content (AvgIpc) is 2.86. The van der Waals surface area contributed by atoms with Gasteiger partial charge in [0.25, 0.3) is 0 Å². The van der Waals surface area contributed by atoms with Crippen molar-refractivity contribution >= 4 is 11.3 Å². The van der Waals surface area contributed by atoms with Crippen molar-refractivity contribution in [3.63, 3.8) is 0 Å². The Morgan fingerprint density at radius 2 is 2.15 bits per heavy atom. The molecular formula is C16H15FO2S. The van der Waals surface area contributed by atoms with Crippen LogP contribution in [0.1, 0.15) is 21.7 Å². The Bertz CT molecular complexity index is 637. The maximum atomic E-state index is 13.0. The van der Waals surface area contributed by atoms with Gasteiger partial charge in [-0.3, -0.25) is 0 Å². The van der Waals surface area contributed by atoms with Gasteiger partial charge in [0.1, 0.15) is 18.2 Å². The Labute approximate surface area is 121 Å². The molecule has 0 fully saturated rings. The van der Waals surface area contributed by atoms with Crippen LogP contribution in [0.25, 0.3) is 0 Å². The molecule has 0 aliphatic rings. The van der Waals surface area contributed by atoms with E-state index in [2.05, 4.69) is 11.8 Å². The zero-order chi connectivity index (χ0) is 14.4. The van der Waals surface area contributed by atoms with Gasteiger partial charge in [-0.25, -0.2) is 4.39 Å². The molecule has 2 aromatic rings. The monoisotopic (exact) mass is 290 g/mol. The zero-order valence-electron chi connectivity index (χ0n) is 11.1. The first-order chi connectivity index (χ1) is 9.69. The highest BCUT2D eigenvalue weighted by molar-refractivity contribution is 7.12. The minimum absolute atomic E-state index is 0.0815. The van der Waals surface area contributed by atoms with Crippen LogP contribution in [0.5, 0.6) is 5.75 Å². The van der Waals surface area contributed by atoms with E-state index in [4.69, 9.17) is 9.84 Å². The number of ether oxygens (including phenoxy) is 1. The second kappa shape index (κ2) is 7.09. The molecular weight excluding hydrogens is 275 g/mol. The largest absolute Gasteiger partial charge is 0.488 e. The molecule has 0 atom stereocenters. The van der Waals surface area contributed by atoms with Gasteiger partial charge in [0.15, 0.2) is 0 Å². The predicted octanol–water partition coefficient (Wildman–Crippen LogP) is 3.51. The van der Waals surface area contributed by atoms with E-state index in [9.17, 15) is 4.39 Å². The highest BCUT2D eigenvalue weighted by Gasteiger charge is 2.03. The topological polar surface area (TPSA) is 29.5 Å². The van der Waals surface area contributed by atoms with Gasteiger partial charge in [0.2, 0.25) is 0 Å². The van der Waals surface area contributed by atoms with Crippen LogP contribution in [0.3, 0.4) is 0 Å². The molecule has 0 aliphatic carbocycles. The summed E-state index contributed by atoms with van der Waals surface area (Å²) >= 11 is 1.56. The van der Waals surface area contributed by atoms with Gasteiger partial charge in [0, 0.05) is 11.3 Å². The summed E-state index contributed by atoms with van der Waals surface area (Å²) in [5.41, 5.74) is 0.782. The molecule has 0 radical (unpaired) electrons. The average molecular weight is 290 g/mol. The molecule has 1 heterocycles. The van der Waals surface area contributed by atoms with Crippen LogP contribution in [-0.2, 0) is 6.61 Å². The second-order valence-corrected chi connectivity index (χ2v) is 5.41. The molecule has 1 aromatic heterocycles. The molecule has 0 saturated carbocycles. The first kappa shape index (κ1) is 14.6. The van der Waals surface area contributed by atoms with E-state index >= 15 is 0 Å². The van der Waals surface area contributed by atoms with Gasteiger partial charge < -0.3 is 9.84 Å². The maximum absolute atomic E-state index is 13.0. The van der Waals surface area contributed by atoms with Gasteiger partial charge in [-0.2, -0.15) is 0 Å². The third-order valence-corrected chi connectivity index (χ3v) is 3.59. The summed E-state index contributed by atoms with van der Waals surface area (Å²) in [6.07, 6.45) is 0.485. The standard InChI is InChI=1S/C16H15FO2S/c1-12-10-13(17)5-8-16(12)19-11-15-7-6-14(20-15)4-2-3-9-18/h5-8,10,18H,3,9,11H2,1H3. The van der Waals surface area contributed by atoms with Gasteiger partial charge >= 0.3 is 0 Å². The third-order valence-electron chi connectivity index (χ3n) is 2.62. The smallest absolute Gasteiger partial charge is 0.123 e. The number of aliphatic hydroxyl groups excluding tert-OH is 1. The minimum Gasteiger partial charge on any atom is -0.488 e. The van der Waals surface area contributed by atoms with Crippen LogP contribution in [0.4, 0.5) is 4.39 Å². The number of thiophene rings is 1. The van der Waals surface area contributed by atoms with Gasteiger partial charge in [-0.05, 0) is 42.8 Å². The van der Waals surface area contributed by atoms with Crippen molar-refractivity contribution in [1.82, 2.24) is 0 Å². The highest BCUT2D eigenvalue weighted by atomic mass is 32.1. The number of aryl methyl sites for hydroxylation is 1. The lowest BCUT2D eigenvalue weighted by atomic mass is 10.2. The molecule has 0 amide bonds. The van der Waals surface area contributed by atoms with Gasteiger partial charge in [-0.15, -0.1) is 11.3 Å². The van der Waals surface area contributed by atoms with Crippen molar-refractivity contribution in [1.29, 1.82) is 0 Å². The van der Waals surface area contributed by atoms with Crippen molar-refractivity contribution in [3.05, 3.63) is 51.5 Å². The van der Waals surface area contributed by atoms with Crippen LogP contribution >= 0.6 is 11.3 Å². The Balaban J connectivity index is 1.96. The fraction of sp³-hybridized carbons (Fsp3) is 0.250. The first-order valence-corrected chi connectivity index (χ1v) is 7.08. The molecule has 1 aromatic carbocycles. The SMILES string of the molecule is Cc1cc(F)ccc1OCc1ccc(C#CCCO)s1. The van der Waals surface area contributed by atoms with E-state index in [-0.39, 0.29) is 12.4 Å². The van der Waals surface area contributed by atoms with Crippen molar-refractivity contribution < 1.29 is 14.2 Å². The van der Waals surface area contributed by atoms with E-state index in [1.807, 2.05) is 19.1 Å². The molecule has 104 valence electrons. The number of halogens is 1. The second-order valence-electron chi connectivity index (χ2n) is 4.24. The highest BCUT2D eigenvalue weighted by Crippen LogP contribution is 2.22. The van der Waals surface area contributed by atoms with E-state index in [0.717, 1.165) is 15.3 Å². The summed E-state index contributed by atoms with van der Waals surface area (Å²) in [6, 6.07) is 8.38. The Hall–Kier alpha value is -1.83. The summed E-state index contributed by atoms with van der Waals surface area (Å²) in [6.45, 7) is 2.34. The van der Waals surface area contributed by atoms with Crippen LogP contribution in [0.2, 0.25) is 0 Å². The van der Waals surface area contributed by atoms with Crippen molar-refractivity contribution in [2.45, 2.75) is 20.0 Å². The summed E-state index contributed by atoms with van der Waals surface area (Å²) in [7, 11) is 0. The Morgan fingerprint density at radius 3 is 2.90 bits per heavy atom. The summed E-state index contributed by atoms with van der Waals surface area (Å²) in [4.78, 5) is 2.01. The van der Waals surface area contributed by atoms with Crippen molar-refractivity contribution in [3.8, 4) is 17.6 Å². The molecule has 0 saturated heterocycles. The van der Waals surface area contributed by atoms with Crippen LogP contribution in [-0.4, -0.2) is 11.7 Å². The fourth-order valence-electron chi connectivity index (χ4n) is 1.65. The lowest BCUT2D eigenvalue weighted by Crippen LogP contribution is -1.95. The molecule has 1 N–H and O–H groups in total. The fourth-order valence-corrected chi connectivity index (χ4v) is 2.45. The summed E-state index contributed by atoms with van der Waals surface area (Å²) in [5, 5.41) is 8.66. The lowest BCUT2D eigenvalue weighted by molar-refractivity contribution is 0.305.